The molecule has 0 saturated carbocycles. The van der Waals surface area contributed by atoms with E-state index in [0.29, 0.717) is 36.8 Å². The fourth-order valence-corrected chi connectivity index (χ4v) is 3.58. The molecule has 1 aliphatic heterocycles. The molecule has 7 heteroatoms. The quantitative estimate of drug-likeness (QED) is 0.399. The number of benzene rings is 2. The van der Waals surface area contributed by atoms with Crippen molar-refractivity contribution in [2.24, 2.45) is 0 Å². The maximum absolute atomic E-state index is 13.0. The number of hydrogen-bond acceptors (Lipinski definition) is 6. The highest BCUT2D eigenvalue weighted by Crippen LogP contribution is 2.39. The van der Waals surface area contributed by atoms with E-state index in [-0.39, 0.29) is 11.3 Å². The Morgan fingerprint density at radius 2 is 1.65 bits per heavy atom. The maximum Gasteiger partial charge on any atom is 0.295 e. The van der Waals surface area contributed by atoms with Crippen LogP contribution in [0.4, 0.5) is 0 Å². The predicted molar refractivity (Wildman–Crippen MR) is 118 cm³/mol. The molecule has 1 atom stereocenters. The summed E-state index contributed by atoms with van der Waals surface area (Å²) in [6.07, 6.45) is 0. The van der Waals surface area contributed by atoms with Gasteiger partial charge in [-0.2, -0.15) is 0 Å². The summed E-state index contributed by atoms with van der Waals surface area (Å²) in [6.45, 7) is 3.38. The normalized spacial score (nSPS) is 18.0. The molecule has 1 heterocycles. The molecule has 1 amide bonds. The molecule has 1 fully saturated rings. The minimum Gasteiger partial charge on any atom is -0.507 e. The van der Waals surface area contributed by atoms with E-state index in [9.17, 15) is 14.7 Å². The van der Waals surface area contributed by atoms with Crippen LogP contribution in [0.15, 0.2) is 54.1 Å². The van der Waals surface area contributed by atoms with Crippen molar-refractivity contribution in [1.29, 1.82) is 0 Å². The van der Waals surface area contributed by atoms with Crippen molar-refractivity contribution in [2.45, 2.75) is 13.0 Å². The van der Waals surface area contributed by atoms with Crippen molar-refractivity contribution in [1.82, 2.24) is 9.80 Å². The third-order valence-electron chi connectivity index (χ3n) is 5.20. The number of carbonyl (C=O) groups excluding carboxylic acids is 2. The molecule has 0 bridgehead atoms. The van der Waals surface area contributed by atoms with E-state index in [1.54, 1.807) is 43.5 Å². The second-order valence-corrected chi connectivity index (χ2v) is 7.53. The first-order chi connectivity index (χ1) is 14.9. The third-order valence-corrected chi connectivity index (χ3v) is 5.20. The fraction of sp³-hybridized carbons (Fsp3) is 0.333. The minimum absolute atomic E-state index is 0.0816. The summed E-state index contributed by atoms with van der Waals surface area (Å²) in [5, 5.41) is 11.0. The highest BCUT2D eigenvalue weighted by molar-refractivity contribution is 6.46. The molecular weight excluding hydrogens is 396 g/mol. The van der Waals surface area contributed by atoms with Gasteiger partial charge in [0.05, 0.1) is 25.3 Å². The van der Waals surface area contributed by atoms with E-state index >= 15 is 0 Å². The molecule has 0 spiro atoms. The summed E-state index contributed by atoms with van der Waals surface area (Å²) in [4.78, 5) is 29.3. The molecule has 2 aromatic rings. The summed E-state index contributed by atoms with van der Waals surface area (Å²) in [5.74, 6) is -0.174. The molecule has 31 heavy (non-hydrogen) atoms. The Morgan fingerprint density at radius 3 is 2.19 bits per heavy atom. The number of methoxy groups -OCH3 is 1. The number of likely N-dealkylation sites (N-methyl/N-ethyl adjacent to an activating group) is 1. The van der Waals surface area contributed by atoms with Gasteiger partial charge in [0.2, 0.25) is 0 Å². The van der Waals surface area contributed by atoms with Crippen molar-refractivity contribution < 1.29 is 24.2 Å². The topological polar surface area (TPSA) is 79.3 Å². The van der Waals surface area contributed by atoms with Gasteiger partial charge in [-0.05, 0) is 63.0 Å². The highest BCUT2D eigenvalue weighted by atomic mass is 16.5. The molecule has 3 rings (SSSR count). The van der Waals surface area contributed by atoms with E-state index in [0.717, 1.165) is 5.56 Å². The standard InChI is InChI=1S/C24H28N2O5/c1-5-31-19-12-6-16(7-13-19)21-20(22(27)17-8-10-18(30-4)11-9-17)23(28)24(29)26(21)15-14-25(2)3/h6-13,21,27H,5,14-15H2,1-4H3/b22-20+/t21-/m0/s1. The molecule has 0 aromatic heterocycles. The molecule has 1 aliphatic rings. The number of Topliss-reactive ketones (excluding diaryl/α,β-unsaturated/α-hetero) is 1. The number of likely N-dealkylation sites (tertiary alicyclic amines) is 1. The van der Waals surface area contributed by atoms with Gasteiger partial charge in [-0.25, -0.2) is 0 Å². The number of amides is 1. The molecule has 7 nitrogen and oxygen atoms in total. The number of hydrogen-bond donors (Lipinski definition) is 1. The maximum atomic E-state index is 13.0. The van der Waals surface area contributed by atoms with Gasteiger partial charge < -0.3 is 24.4 Å². The van der Waals surface area contributed by atoms with Gasteiger partial charge in [-0.3, -0.25) is 9.59 Å². The van der Waals surface area contributed by atoms with Crippen LogP contribution >= 0.6 is 0 Å². The van der Waals surface area contributed by atoms with E-state index in [2.05, 4.69) is 0 Å². The van der Waals surface area contributed by atoms with Gasteiger partial charge in [0.15, 0.2) is 0 Å². The predicted octanol–water partition coefficient (Wildman–Crippen LogP) is 3.08. The van der Waals surface area contributed by atoms with Crippen LogP contribution in [-0.2, 0) is 9.59 Å². The van der Waals surface area contributed by atoms with Gasteiger partial charge in [0, 0.05) is 18.7 Å². The summed E-state index contributed by atoms with van der Waals surface area (Å²) < 4.78 is 10.7. The van der Waals surface area contributed by atoms with Crippen LogP contribution < -0.4 is 9.47 Å². The van der Waals surface area contributed by atoms with E-state index in [4.69, 9.17) is 9.47 Å². The Balaban J connectivity index is 2.09. The average Bonchev–Trinajstić information content (AvgIpc) is 3.02. The second kappa shape index (κ2) is 9.66. The van der Waals surface area contributed by atoms with Crippen LogP contribution in [0.25, 0.3) is 5.76 Å². The molecule has 0 radical (unpaired) electrons. The summed E-state index contributed by atoms with van der Waals surface area (Å²) >= 11 is 0. The molecule has 0 aliphatic carbocycles. The van der Waals surface area contributed by atoms with Gasteiger partial charge >= 0.3 is 0 Å². The number of ketones is 1. The second-order valence-electron chi connectivity index (χ2n) is 7.53. The Bertz CT molecular complexity index is 964. The fourth-order valence-electron chi connectivity index (χ4n) is 3.58. The number of ether oxygens (including phenoxy) is 2. The largest absolute Gasteiger partial charge is 0.507 e. The molecule has 164 valence electrons. The number of carbonyl (C=O) groups is 2. The first-order valence-corrected chi connectivity index (χ1v) is 10.2. The van der Waals surface area contributed by atoms with Crippen LogP contribution in [0.3, 0.4) is 0 Å². The first kappa shape index (κ1) is 22.4. The first-order valence-electron chi connectivity index (χ1n) is 10.2. The Kier molecular flexibility index (Phi) is 6.97. The Hall–Kier alpha value is -3.32. The number of nitrogens with zero attached hydrogens (tertiary/aromatic N) is 2. The summed E-state index contributed by atoms with van der Waals surface area (Å²) in [7, 11) is 5.36. The van der Waals surface area contributed by atoms with Gasteiger partial charge in [-0.1, -0.05) is 12.1 Å². The zero-order chi connectivity index (χ0) is 22.5. The van der Waals surface area contributed by atoms with Crippen LogP contribution in [0.1, 0.15) is 24.1 Å². The lowest BCUT2D eigenvalue weighted by atomic mass is 9.95. The lowest BCUT2D eigenvalue weighted by Gasteiger charge is -2.26. The molecule has 1 saturated heterocycles. The smallest absolute Gasteiger partial charge is 0.295 e. The number of rotatable bonds is 8. The van der Waals surface area contributed by atoms with Crippen LogP contribution in [0, 0.1) is 0 Å². The van der Waals surface area contributed by atoms with E-state index in [1.807, 2.05) is 38.1 Å². The monoisotopic (exact) mass is 424 g/mol. The zero-order valence-corrected chi connectivity index (χ0v) is 18.3. The minimum atomic E-state index is -0.689. The van der Waals surface area contributed by atoms with Gasteiger partial charge in [-0.15, -0.1) is 0 Å². The average molecular weight is 424 g/mol. The zero-order valence-electron chi connectivity index (χ0n) is 18.3. The van der Waals surface area contributed by atoms with Crippen molar-refractivity contribution in [3.63, 3.8) is 0 Å². The van der Waals surface area contributed by atoms with Crippen molar-refractivity contribution in [3.05, 3.63) is 65.2 Å². The Labute approximate surface area is 182 Å². The van der Waals surface area contributed by atoms with Crippen LogP contribution in [0.5, 0.6) is 11.5 Å². The molecule has 2 aromatic carbocycles. The van der Waals surface area contributed by atoms with Crippen LogP contribution in [0.2, 0.25) is 0 Å². The van der Waals surface area contributed by atoms with Crippen molar-refractivity contribution in [2.75, 3.05) is 40.9 Å². The van der Waals surface area contributed by atoms with Crippen molar-refractivity contribution in [3.8, 4) is 11.5 Å². The third kappa shape index (κ3) is 4.72. The van der Waals surface area contributed by atoms with Gasteiger partial charge in [0.25, 0.3) is 11.7 Å². The lowest BCUT2D eigenvalue weighted by Crippen LogP contribution is -2.35. The van der Waals surface area contributed by atoms with E-state index < -0.39 is 17.7 Å². The van der Waals surface area contributed by atoms with Crippen molar-refractivity contribution >= 4 is 17.4 Å². The SMILES string of the molecule is CCOc1ccc([C@H]2/C(=C(\O)c3ccc(OC)cc3)C(=O)C(=O)N2CCN(C)C)cc1. The summed E-state index contributed by atoms with van der Waals surface area (Å²) in [6, 6.07) is 13.3. The summed E-state index contributed by atoms with van der Waals surface area (Å²) in [5.41, 5.74) is 1.26. The molecular formula is C24H28N2O5. The Morgan fingerprint density at radius 1 is 1.03 bits per heavy atom. The highest BCUT2D eigenvalue weighted by Gasteiger charge is 2.45. The molecule has 1 N–H and O–H groups in total. The molecule has 0 unspecified atom stereocenters. The lowest BCUT2D eigenvalue weighted by molar-refractivity contribution is -0.140. The number of aliphatic hydroxyl groups excluding tert-OH is 1. The number of aliphatic hydroxyl groups is 1. The van der Waals surface area contributed by atoms with Crippen LogP contribution in [-0.4, -0.2) is 67.5 Å². The van der Waals surface area contributed by atoms with Gasteiger partial charge in [0.1, 0.15) is 17.3 Å². The van der Waals surface area contributed by atoms with E-state index in [1.165, 1.54) is 4.90 Å².